The SMILES string of the molecule is Cc1[nH]cc(CCCCCCCCCCC(=O)O)[n+]1C. The Balaban J connectivity index is 1.90. The zero-order valence-corrected chi connectivity index (χ0v) is 13.0. The van der Waals surface area contributed by atoms with Crippen LogP contribution in [-0.2, 0) is 18.3 Å². The van der Waals surface area contributed by atoms with E-state index in [-0.39, 0.29) is 0 Å². The van der Waals surface area contributed by atoms with E-state index in [1.54, 1.807) is 0 Å². The minimum absolute atomic E-state index is 0.326. The lowest BCUT2D eigenvalue weighted by Gasteiger charge is -2.01. The molecule has 1 aromatic rings. The standard InChI is InChI=1S/C16H28N2O2/c1-14-17-13-15(18(14)2)11-9-7-5-3-4-6-8-10-12-16(19)20/h13H,3-12H2,1-2H3,(H,19,20)/p+1. The molecule has 1 rings (SSSR count). The summed E-state index contributed by atoms with van der Waals surface area (Å²) in [4.78, 5) is 13.6. The molecule has 0 aromatic carbocycles. The summed E-state index contributed by atoms with van der Waals surface area (Å²) < 4.78 is 2.22. The number of hydrogen-bond donors (Lipinski definition) is 2. The van der Waals surface area contributed by atoms with Gasteiger partial charge in [-0.25, -0.2) is 9.55 Å². The maximum Gasteiger partial charge on any atom is 0.303 e. The fourth-order valence-corrected chi connectivity index (χ4v) is 2.48. The normalized spacial score (nSPS) is 10.9. The summed E-state index contributed by atoms with van der Waals surface area (Å²) in [6, 6.07) is 0. The van der Waals surface area contributed by atoms with E-state index in [4.69, 9.17) is 5.11 Å². The van der Waals surface area contributed by atoms with Crippen molar-refractivity contribution in [2.45, 2.75) is 71.1 Å². The summed E-state index contributed by atoms with van der Waals surface area (Å²) in [6.07, 6.45) is 13.0. The molecule has 0 radical (unpaired) electrons. The van der Waals surface area contributed by atoms with Gasteiger partial charge < -0.3 is 5.11 Å². The topological polar surface area (TPSA) is 57.0 Å². The predicted molar refractivity (Wildman–Crippen MR) is 79.6 cm³/mol. The number of aliphatic carboxylic acids is 1. The van der Waals surface area contributed by atoms with Gasteiger partial charge in [-0.05, 0) is 12.8 Å². The van der Waals surface area contributed by atoms with Crippen molar-refractivity contribution in [1.29, 1.82) is 0 Å². The van der Waals surface area contributed by atoms with Crippen LogP contribution in [0.5, 0.6) is 0 Å². The Bertz CT molecular complexity index is 399. The van der Waals surface area contributed by atoms with Crippen LogP contribution >= 0.6 is 0 Å². The molecular formula is C16H29N2O2+. The van der Waals surface area contributed by atoms with Gasteiger partial charge in [0.25, 0.3) is 5.82 Å². The van der Waals surface area contributed by atoms with Crippen molar-refractivity contribution in [1.82, 2.24) is 4.98 Å². The maximum atomic E-state index is 10.3. The first-order valence-corrected chi connectivity index (χ1v) is 7.86. The van der Waals surface area contributed by atoms with Gasteiger partial charge in [0.15, 0.2) is 0 Å². The number of nitrogens with one attached hydrogen (secondary N) is 1. The van der Waals surface area contributed by atoms with Crippen LogP contribution in [0.2, 0.25) is 0 Å². The Hall–Kier alpha value is -1.32. The predicted octanol–water partition coefficient (Wildman–Crippen LogP) is 3.29. The van der Waals surface area contributed by atoms with Gasteiger partial charge in [0, 0.05) is 19.8 Å². The van der Waals surface area contributed by atoms with Crippen LogP contribution in [-0.4, -0.2) is 16.1 Å². The molecule has 1 aromatic heterocycles. The summed E-state index contributed by atoms with van der Waals surface area (Å²) in [5, 5.41) is 8.52. The number of carboxylic acids is 1. The van der Waals surface area contributed by atoms with Crippen LogP contribution in [0.25, 0.3) is 0 Å². The number of hydrogen-bond acceptors (Lipinski definition) is 1. The first-order chi connectivity index (χ1) is 9.61. The first-order valence-electron chi connectivity index (χ1n) is 7.86. The van der Waals surface area contributed by atoms with Crippen LogP contribution < -0.4 is 4.57 Å². The quantitative estimate of drug-likeness (QED) is 0.483. The molecule has 0 fully saturated rings. The molecule has 1 heterocycles. The fraction of sp³-hybridized carbons (Fsp3) is 0.750. The average Bonchev–Trinajstić information content (AvgIpc) is 2.72. The van der Waals surface area contributed by atoms with E-state index in [9.17, 15) is 4.79 Å². The van der Waals surface area contributed by atoms with Crippen molar-refractivity contribution in [3.05, 3.63) is 17.7 Å². The molecule has 114 valence electrons. The van der Waals surface area contributed by atoms with E-state index in [1.807, 2.05) is 0 Å². The second kappa shape index (κ2) is 9.56. The summed E-state index contributed by atoms with van der Waals surface area (Å²) in [5.41, 5.74) is 1.39. The number of nitrogens with zero attached hydrogens (tertiary/aromatic N) is 1. The second-order valence-electron chi connectivity index (χ2n) is 5.65. The first kappa shape index (κ1) is 16.7. The Morgan fingerprint density at radius 3 is 2.15 bits per heavy atom. The highest BCUT2D eigenvalue weighted by atomic mass is 16.4. The van der Waals surface area contributed by atoms with Gasteiger partial charge in [-0.2, -0.15) is 0 Å². The minimum Gasteiger partial charge on any atom is -0.481 e. The van der Waals surface area contributed by atoms with Crippen molar-refractivity contribution in [2.24, 2.45) is 7.05 Å². The molecule has 0 amide bonds. The molecule has 0 spiro atoms. The second-order valence-corrected chi connectivity index (χ2v) is 5.65. The highest BCUT2D eigenvalue weighted by molar-refractivity contribution is 5.66. The molecule has 0 aliphatic carbocycles. The molecule has 0 bridgehead atoms. The molecule has 0 unspecified atom stereocenters. The van der Waals surface area contributed by atoms with Crippen LogP contribution in [0.1, 0.15) is 69.3 Å². The van der Waals surface area contributed by atoms with Gasteiger partial charge in [0.2, 0.25) is 0 Å². The molecule has 20 heavy (non-hydrogen) atoms. The summed E-state index contributed by atoms with van der Waals surface area (Å²) in [7, 11) is 2.11. The van der Waals surface area contributed by atoms with Crippen molar-refractivity contribution >= 4 is 5.97 Å². The molecule has 0 atom stereocenters. The average molecular weight is 281 g/mol. The lowest BCUT2D eigenvalue weighted by molar-refractivity contribution is -0.683. The summed E-state index contributed by atoms with van der Waals surface area (Å²) >= 11 is 0. The maximum absolute atomic E-state index is 10.3. The summed E-state index contributed by atoms with van der Waals surface area (Å²) in [6.45, 7) is 2.09. The Morgan fingerprint density at radius 1 is 1.10 bits per heavy atom. The van der Waals surface area contributed by atoms with Crippen molar-refractivity contribution < 1.29 is 14.5 Å². The molecule has 0 saturated heterocycles. The summed E-state index contributed by atoms with van der Waals surface area (Å²) in [5.74, 6) is 0.541. The number of imidazole rings is 1. The molecule has 0 aliphatic rings. The number of aromatic amines is 1. The number of unbranched alkanes of at least 4 members (excludes halogenated alkanes) is 7. The van der Waals surface area contributed by atoms with Crippen LogP contribution in [0.4, 0.5) is 0 Å². The number of H-pyrrole nitrogens is 1. The van der Waals surface area contributed by atoms with E-state index in [1.165, 1.54) is 50.0 Å². The molecule has 4 heteroatoms. The Morgan fingerprint density at radius 2 is 1.65 bits per heavy atom. The van der Waals surface area contributed by atoms with E-state index < -0.39 is 5.97 Å². The molecular weight excluding hydrogens is 252 g/mol. The lowest BCUT2D eigenvalue weighted by Crippen LogP contribution is -2.33. The van der Waals surface area contributed by atoms with E-state index in [0.29, 0.717) is 6.42 Å². The number of aryl methyl sites for hydroxylation is 2. The minimum atomic E-state index is -0.668. The van der Waals surface area contributed by atoms with Crippen LogP contribution in [0.15, 0.2) is 6.20 Å². The highest BCUT2D eigenvalue weighted by Crippen LogP contribution is 2.11. The van der Waals surface area contributed by atoms with Crippen LogP contribution in [0.3, 0.4) is 0 Å². The zero-order chi connectivity index (χ0) is 14.8. The smallest absolute Gasteiger partial charge is 0.303 e. The van der Waals surface area contributed by atoms with Gasteiger partial charge in [-0.1, -0.05) is 38.5 Å². The van der Waals surface area contributed by atoms with Crippen molar-refractivity contribution in [3.63, 3.8) is 0 Å². The third-order valence-electron chi connectivity index (χ3n) is 3.96. The Kier molecular flexibility index (Phi) is 8.00. The third kappa shape index (κ3) is 6.73. The Labute approximate surface area is 122 Å². The van der Waals surface area contributed by atoms with E-state index in [0.717, 1.165) is 19.3 Å². The van der Waals surface area contributed by atoms with Gasteiger partial charge in [-0.15, -0.1) is 0 Å². The highest BCUT2D eigenvalue weighted by Gasteiger charge is 2.08. The number of carbonyl (C=O) groups is 1. The van der Waals surface area contributed by atoms with Gasteiger partial charge in [0.1, 0.15) is 11.9 Å². The monoisotopic (exact) mass is 281 g/mol. The number of rotatable bonds is 11. The van der Waals surface area contributed by atoms with Gasteiger partial charge >= 0.3 is 5.97 Å². The van der Waals surface area contributed by atoms with Gasteiger partial charge in [0.05, 0.1) is 7.05 Å². The van der Waals surface area contributed by atoms with Crippen LogP contribution in [0, 0.1) is 6.92 Å². The molecule has 0 saturated carbocycles. The third-order valence-corrected chi connectivity index (χ3v) is 3.96. The van der Waals surface area contributed by atoms with Gasteiger partial charge in [-0.3, -0.25) is 4.79 Å². The van der Waals surface area contributed by atoms with Crippen molar-refractivity contribution in [2.75, 3.05) is 0 Å². The lowest BCUT2D eigenvalue weighted by atomic mass is 10.1. The number of aromatic nitrogens is 2. The molecule has 0 aliphatic heterocycles. The zero-order valence-electron chi connectivity index (χ0n) is 13.0. The number of carboxylic acid groups (broad SMARTS) is 1. The van der Waals surface area contributed by atoms with E-state index >= 15 is 0 Å². The molecule has 4 nitrogen and oxygen atoms in total. The van der Waals surface area contributed by atoms with E-state index in [2.05, 4.69) is 29.7 Å². The van der Waals surface area contributed by atoms with Crippen molar-refractivity contribution in [3.8, 4) is 0 Å². The largest absolute Gasteiger partial charge is 0.481 e. The fourth-order valence-electron chi connectivity index (χ4n) is 2.48. The molecule has 2 N–H and O–H groups in total.